The second-order valence-corrected chi connectivity index (χ2v) is 2.62. The largest absolute Gasteiger partial charge is 0.384 e. The predicted octanol–water partition coefficient (Wildman–Crippen LogP) is 1.04. The summed E-state index contributed by atoms with van der Waals surface area (Å²) < 4.78 is 1.64. The van der Waals surface area contributed by atoms with Gasteiger partial charge in [0.15, 0.2) is 0 Å². The summed E-state index contributed by atoms with van der Waals surface area (Å²) in [6.45, 7) is 3.64. The van der Waals surface area contributed by atoms with Crippen LogP contribution in [0.4, 0.5) is 5.82 Å². The van der Waals surface area contributed by atoms with Crippen molar-refractivity contribution in [3.05, 3.63) is 21.6 Å². The minimum absolute atomic E-state index is 0.118. The molecular formula is C8H9N3O2. The Labute approximate surface area is 75.5 Å². The lowest BCUT2D eigenvalue weighted by molar-refractivity contribution is -0.390. The number of aromatic nitrogens is 2. The zero-order chi connectivity index (χ0) is 10.0. The standard InChI is InChI=1S/C8H9N3O2/c1-4-5-10-6(2)8(11(12)13)9-7(10)3/h1H,5H2,2-3H3. The van der Waals surface area contributed by atoms with E-state index in [0.29, 0.717) is 18.1 Å². The van der Waals surface area contributed by atoms with E-state index in [9.17, 15) is 10.1 Å². The van der Waals surface area contributed by atoms with E-state index in [1.165, 1.54) is 0 Å². The molecule has 0 amide bonds. The maximum atomic E-state index is 10.5. The summed E-state index contributed by atoms with van der Waals surface area (Å²) in [6, 6.07) is 0. The summed E-state index contributed by atoms with van der Waals surface area (Å²) in [4.78, 5) is 13.8. The fourth-order valence-corrected chi connectivity index (χ4v) is 1.16. The minimum Gasteiger partial charge on any atom is -0.358 e. The molecule has 0 radical (unpaired) electrons. The van der Waals surface area contributed by atoms with Crippen LogP contribution in [0.25, 0.3) is 0 Å². The average Bonchev–Trinajstić information content (AvgIpc) is 2.32. The van der Waals surface area contributed by atoms with Crippen molar-refractivity contribution >= 4 is 5.82 Å². The maximum Gasteiger partial charge on any atom is 0.384 e. The molecule has 13 heavy (non-hydrogen) atoms. The lowest BCUT2D eigenvalue weighted by Crippen LogP contribution is -2.00. The van der Waals surface area contributed by atoms with E-state index in [2.05, 4.69) is 10.9 Å². The van der Waals surface area contributed by atoms with Gasteiger partial charge in [0.2, 0.25) is 5.82 Å². The lowest BCUT2D eigenvalue weighted by Gasteiger charge is -1.97. The van der Waals surface area contributed by atoms with Crippen LogP contribution in [0.3, 0.4) is 0 Å². The van der Waals surface area contributed by atoms with Crippen LogP contribution in [-0.4, -0.2) is 14.5 Å². The van der Waals surface area contributed by atoms with Crippen molar-refractivity contribution in [1.82, 2.24) is 9.55 Å². The molecule has 0 aliphatic carbocycles. The van der Waals surface area contributed by atoms with Crippen molar-refractivity contribution in [1.29, 1.82) is 0 Å². The molecule has 0 bridgehead atoms. The molecular weight excluding hydrogens is 170 g/mol. The Kier molecular flexibility index (Phi) is 2.33. The summed E-state index contributed by atoms with van der Waals surface area (Å²) in [6.07, 6.45) is 5.12. The monoisotopic (exact) mass is 179 g/mol. The molecule has 0 aromatic carbocycles. The van der Waals surface area contributed by atoms with Gasteiger partial charge in [0.1, 0.15) is 5.69 Å². The first-order valence-corrected chi connectivity index (χ1v) is 3.69. The predicted molar refractivity (Wildman–Crippen MR) is 47.2 cm³/mol. The molecule has 1 aromatic rings. The Morgan fingerprint density at radius 3 is 2.69 bits per heavy atom. The average molecular weight is 179 g/mol. The minimum atomic E-state index is -0.505. The summed E-state index contributed by atoms with van der Waals surface area (Å²) in [7, 11) is 0. The fraction of sp³-hybridized carbons (Fsp3) is 0.375. The number of terminal acetylenes is 1. The second-order valence-electron chi connectivity index (χ2n) is 2.62. The van der Waals surface area contributed by atoms with Gasteiger partial charge in [-0.15, -0.1) is 6.42 Å². The van der Waals surface area contributed by atoms with Crippen LogP contribution in [-0.2, 0) is 6.54 Å². The van der Waals surface area contributed by atoms with E-state index in [0.717, 1.165) is 0 Å². The van der Waals surface area contributed by atoms with Gasteiger partial charge in [-0.25, -0.2) is 0 Å². The molecule has 0 unspecified atom stereocenters. The van der Waals surface area contributed by atoms with E-state index in [1.807, 2.05) is 0 Å². The summed E-state index contributed by atoms with van der Waals surface area (Å²) in [5.74, 6) is 2.87. The Morgan fingerprint density at radius 2 is 2.31 bits per heavy atom. The number of hydrogen-bond acceptors (Lipinski definition) is 3. The van der Waals surface area contributed by atoms with Crippen LogP contribution in [0.2, 0.25) is 0 Å². The molecule has 1 heterocycles. The first-order valence-electron chi connectivity index (χ1n) is 3.69. The van der Waals surface area contributed by atoms with Crippen molar-refractivity contribution in [2.24, 2.45) is 0 Å². The number of aryl methyl sites for hydroxylation is 1. The van der Waals surface area contributed by atoms with E-state index in [1.54, 1.807) is 18.4 Å². The number of hydrogen-bond donors (Lipinski definition) is 0. The first-order chi connectivity index (χ1) is 6.07. The molecule has 0 aliphatic heterocycles. The van der Waals surface area contributed by atoms with Gasteiger partial charge in [0.05, 0.1) is 6.54 Å². The molecule has 1 rings (SSSR count). The fourth-order valence-electron chi connectivity index (χ4n) is 1.16. The third kappa shape index (κ3) is 1.51. The summed E-state index contributed by atoms with van der Waals surface area (Å²) in [5, 5.41) is 10.5. The first kappa shape index (κ1) is 9.26. The van der Waals surface area contributed by atoms with Crippen LogP contribution < -0.4 is 0 Å². The normalized spacial score (nSPS) is 9.62. The zero-order valence-electron chi connectivity index (χ0n) is 7.44. The van der Waals surface area contributed by atoms with Crippen molar-refractivity contribution in [2.75, 3.05) is 0 Å². The van der Waals surface area contributed by atoms with Crippen LogP contribution >= 0.6 is 0 Å². The van der Waals surface area contributed by atoms with Crippen molar-refractivity contribution in [2.45, 2.75) is 20.4 Å². The van der Waals surface area contributed by atoms with Gasteiger partial charge >= 0.3 is 5.82 Å². The van der Waals surface area contributed by atoms with Gasteiger partial charge in [-0.3, -0.25) is 4.57 Å². The van der Waals surface area contributed by atoms with Gasteiger partial charge in [0.25, 0.3) is 0 Å². The number of nitro groups is 1. The number of nitrogens with zero attached hydrogens (tertiary/aromatic N) is 3. The molecule has 0 saturated heterocycles. The van der Waals surface area contributed by atoms with E-state index < -0.39 is 4.92 Å². The molecule has 0 N–H and O–H groups in total. The smallest absolute Gasteiger partial charge is 0.358 e. The van der Waals surface area contributed by atoms with E-state index >= 15 is 0 Å². The van der Waals surface area contributed by atoms with Gasteiger partial charge in [-0.2, -0.15) is 0 Å². The Morgan fingerprint density at radius 1 is 1.69 bits per heavy atom. The van der Waals surface area contributed by atoms with Crippen molar-refractivity contribution in [3.8, 4) is 12.3 Å². The summed E-state index contributed by atoms with van der Waals surface area (Å²) >= 11 is 0. The van der Waals surface area contributed by atoms with Crippen molar-refractivity contribution < 1.29 is 4.92 Å². The molecule has 0 aliphatic rings. The molecule has 5 heteroatoms. The molecule has 5 nitrogen and oxygen atoms in total. The Bertz CT molecular complexity index is 387. The summed E-state index contributed by atoms with van der Waals surface area (Å²) in [5.41, 5.74) is 0.500. The van der Waals surface area contributed by atoms with E-state index in [4.69, 9.17) is 6.42 Å². The Balaban J connectivity index is 3.24. The van der Waals surface area contributed by atoms with Gasteiger partial charge in [-0.1, -0.05) is 5.92 Å². The van der Waals surface area contributed by atoms with Crippen LogP contribution in [0.5, 0.6) is 0 Å². The van der Waals surface area contributed by atoms with Gasteiger partial charge < -0.3 is 10.1 Å². The highest BCUT2D eigenvalue weighted by molar-refractivity contribution is 5.28. The van der Waals surface area contributed by atoms with Crippen LogP contribution in [0.15, 0.2) is 0 Å². The molecule has 1 aromatic heterocycles. The van der Waals surface area contributed by atoms with Crippen molar-refractivity contribution in [3.63, 3.8) is 0 Å². The highest BCUT2D eigenvalue weighted by atomic mass is 16.6. The molecule has 68 valence electrons. The highest BCUT2D eigenvalue weighted by Crippen LogP contribution is 2.17. The zero-order valence-corrected chi connectivity index (χ0v) is 7.44. The SMILES string of the molecule is C#CCn1c(C)nc([N+](=O)[O-])c1C. The van der Waals surface area contributed by atoms with Gasteiger partial charge in [0, 0.05) is 6.92 Å². The van der Waals surface area contributed by atoms with Crippen LogP contribution in [0.1, 0.15) is 11.5 Å². The molecule has 0 fully saturated rings. The number of rotatable bonds is 2. The lowest BCUT2D eigenvalue weighted by atomic mass is 10.4. The molecule has 0 saturated carbocycles. The quantitative estimate of drug-likeness (QED) is 0.387. The Hall–Kier alpha value is -1.83. The molecule has 0 atom stereocenters. The second kappa shape index (κ2) is 3.27. The van der Waals surface area contributed by atoms with E-state index in [-0.39, 0.29) is 5.82 Å². The third-order valence-electron chi connectivity index (χ3n) is 1.81. The molecule has 0 spiro atoms. The number of imidazole rings is 1. The highest BCUT2D eigenvalue weighted by Gasteiger charge is 2.20. The van der Waals surface area contributed by atoms with Crippen LogP contribution in [0, 0.1) is 36.3 Å². The van der Waals surface area contributed by atoms with Gasteiger partial charge in [-0.05, 0) is 16.8 Å². The topological polar surface area (TPSA) is 61.0 Å². The maximum absolute atomic E-state index is 10.5. The third-order valence-corrected chi connectivity index (χ3v) is 1.81.